The van der Waals surface area contributed by atoms with Crippen LogP contribution in [0.1, 0.15) is 62.6 Å². The zero-order valence-corrected chi connectivity index (χ0v) is 25.4. The van der Waals surface area contributed by atoms with Crippen molar-refractivity contribution in [2.24, 2.45) is 0 Å². The summed E-state index contributed by atoms with van der Waals surface area (Å²) in [6.07, 6.45) is 3.59. The first-order valence-electron chi connectivity index (χ1n) is 19.2. The van der Waals surface area contributed by atoms with E-state index in [1.54, 1.807) is 6.20 Å². The van der Waals surface area contributed by atoms with Gasteiger partial charge in [-0.3, -0.25) is 4.98 Å². The summed E-state index contributed by atoms with van der Waals surface area (Å²) in [5.41, 5.74) is 6.29. The van der Waals surface area contributed by atoms with Crippen molar-refractivity contribution in [2.45, 2.75) is 51.4 Å². The Labute approximate surface area is 271 Å². The molecule has 7 aromatic rings. The SMILES string of the molecule is [2H]c1c([2H])c([2H])c2c(-c3ccc4c(c3-c3ccccc3)C(C)(C)CCC4(C)C)c3c([2H])c([2H])c([2H])c([2H])c3c(-c3ccc4cccnc4c3)c2c1[2H]. The van der Waals surface area contributed by atoms with E-state index in [-0.39, 0.29) is 56.5 Å². The van der Waals surface area contributed by atoms with Crippen molar-refractivity contribution in [3.05, 3.63) is 138 Å². The highest BCUT2D eigenvalue weighted by atomic mass is 14.6. The van der Waals surface area contributed by atoms with Gasteiger partial charge in [-0.25, -0.2) is 0 Å². The molecule has 1 heterocycles. The Morgan fingerprint density at radius 2 is 1.23 bits per heavy atom. The van der Waals surface area contributed by atoms with E-state index in [2.05, 4.69) is 38.7 Å². The number of aromatic nitrogens is 1. The molecule has 1 aliphatic carbocycles. The lowest BCUT2D eigenvalue weighted by atomic mass is 9.60. The molecule has 0 aliphatic heterocycles. The van der Waals surface area contributed by atoms with Crippen LogP contribution in [0.3, 0.4) is 0 Å². The third-order valence-corrected chi connectivity index (χ3v) is 9.59. The summed E-state index contributed by atoms with van der Waals surface area (Å²) >= 11 is 0. The molecule has 0 spiro atoms. The second-order valence-electron chi connectivity index (χ2n) is 13.2. The monoisotopic (exact) mass is 575 g/mol. The van der Waals surface area contributed by atoms with Gasteiger partial charge >= 0.3 is 0 Å². The lowest BCUT2D eigenvalue weighted by Crippen LogP contribution is -2.34. The van der Waals surface area contributed by atoms with E-state index in [0.29, 0.717) is 27.8 Å². The number of hydrogen-bond acceptors (Lipinski definition) is 1. The van der Waals surface area contributed by atoms with Crippen LogP contribution in [0.5, 0.6) is 0 Å². The highest BCUT2D eigenvalue weighted by Gasteiger charge is 2.40. The first kappa shape index (κ1) is 19.5. The second-order valence-corrected chi connectivity index (χ2v) is 13.2. The van der Waals surface area contributed by atoms with Crippen LogP contribution >= 0.6 is 0 Å². The normalized spacial score (nSPS) is 18.0. The van der Waals surface area contributed by atoms with Gasteiger partial charge in [0.2, 0.25) is 0 Å². The summed E-state index contributed by atoms with van der Waals surface area (Å²) in [7, 11) is 0. The van der Waals surface area contributed by atoms with E-state index >= 15 is 0 Å². The molecule has 0 atom stereocenters. The molecule has 1 aromatic heterocycles. The Kier molecular flexibility index (Phi) is 4.39. The van der Waals surface area contributed by atoms with E-state index in [1.165, 1.54) is 5.56 Å². The maximum atomic E-state index is 9.51. The molecular weight excluding hydrogens is 530 g/mol. The average Bonchev–Trinajstić information content (AvgIpc) is 3.14. The Hall–Kier alpha value is -4.75. The molecule has 1 heteroatoms. The smallest absolute Gasteiger partial charge is 0.0708 e. The van der Waals surface area contributed by atoms with Gasteiger partial charge in [0.25, 0.3) is 0 Å². The first-order chi connectivity index (χ1) is 24.7. The third kappa shape index (κ3) is 4.10. The number of nitrogens with zero attached hydrogens (tertiary/aromatic N) is 1. The molecule has 1 nitrogen and oxygen atoms in total. The second kappa shape index (κ2) is 9.89. The summed E-state index contributed by atoms with van der Waals surface area (Å²) in [5, 5.41) is 1.69. The topological polar surface area (TPSA) is 12.9 Å². The largest absolute Gasteiger partial charge is 0.256 e. The van der Waals surface area contributed by atoms with Gasteiger partial charge in [-0.2, -0.15) is 0 Å². The highest BCUT2D eigenvalue weighted by molar-refractivity contribution is 6.22. The molecule has 0 saturated carbocycles. The molecule has 0 fully saturated rings. The van der Waals surface area contributed by atoms with Gasteiger partial charge in [0.1, 0.15) is 0 Å². The molecule has 6 aromatic carbocycles. The quantitative estimate of drug-likeness (QED) is 0.191. The van der Waals surface area contributed by atoms with Crippen LogP contribution in [-0.4, -0.2) is 4.98 Å². The van der Waals surface area contributed by atoms with Gasteiger partial charge in [0, 0.05) is 11.6 Å². The third-order valence-electron chi connectivity index (χ3n) is 9.59. The van der Waals surface area contributed by atoms with Crippen LogP contribution < -0.4 is 0 Å². The molecule has 214 valence electrons. The van der Waals surface area contributed by atoms with E-state index in [0.717, 1.165) is 34.9 Å². The van der Waals surface area contributed by atoms with Gasteiger partial charge in [-0.05, 0) is 102 Å². The zero-order valence-electron chi connectivity index (χ0n) is 33.4. The van der Waals surface area contributed by atoms with Crippen LogP contribution in [0.15, 0.2) is 127 Å². The molecule has 0 amide bonds. The van der Waals surface area contributed by atoms with Crippen molar-refractivity contribution in [2.75, 3.05) is 0 Å². The molecular formula is C43H37N. The van der Waals surface area contributed by atoms with Crippen LogP contribution in [0.25, 0.3) is 65.8 Å². The number of rotatable bonds is 3. The minimum atomic E-state index is -0.416. The summed E-state index contributed by atoms with van der Waals surface area (Å²) in [5.74, 6) is 0. The maximum Gasteiger partial charge on any atom is 0.0708 e. The summed E-state index contributed by atoms with van der Waals surface area (Å²) in [4.78, 5) is 4.55. The Bertz CT molecular complexity index is 2580. The standard InChI is InChI=1S/C43H37N/c1-42(2)24-25-43(3,4)41-36(42)23-22-35(39(41)29-13-6-5-7-14-29)40-33-18-10-8-16-31(33)38(32-17-9-11-19-34(32)40)30-21-20-28-15-12-26-44-37(28)27-30/h5-23,26-27H,24-25H2,1-4H3/i8D,9D,10D,11D,16D,17D,18D,19D. The van der Waals surface area contributed by atoms with Crippen molar-refractivity contribution in [3.63, 3.8) is 0 Å². The molecule has 0 radical (unpaired) electrons. The molecule has 0 saturated heterocycles. The maximum absolute atomic E-state index is 9.51. The lowest BCUT2D eigenvalue weighted by Gasteiger charge is -2.44. The lowest BCUT2D eigenvalue weighted by molar-refractivity contribution is 0.333. The minimum absolute atomic E-state index is 0.141. The van der Waals surface area contributed by atoms with Crippen LogP contribution in [-0.2, 0) is 10.8 Å². The number of hydrogen-bond donors (Lipinski definition) is 0. The Balaban J connectivity index is 1.70. The van der Waals surface area contributed by atoms with E-state index in [1.807, 2.05) is 66.7 Å². The van der Waals surface area contributed by atoms with E-state index < -0.39 is 24.2 Å². The fourth-order valence-electron chi connectivity index (χ4n) is 7.27. The van der Waals surface area contributed by atoms with Gasteiger partial charge in [-0.1, -0.05) is 137 Å². The van der Waals surface area contributed by atoms with Gasteiger partial charge in [-0.15, -0.1) is 0 Å². The van der Waals surface area contributed by atoms with E-state index in [9.17, 15) is 5.48 Å². The van der Waals surface area contributed by atoms with Crippen LogP contribution in [0.2, 0.25) is 0 Å². The molecule has 0 N–H and O–H groups in total. The van der Waals surface area contributed by atoms with Gasteiger partial charge in [0.05, 0.1) is 16.5 Å². The van der Waals surface area contributed by atoms with Gasteiger partial charge in [0.15, 0.2) is 0 Å². The average molecular weight is 576 g/mol. The van der Waals surface area contributed by atoms with Crippen molar-refractivity contribution in [1.29, 1.82) is 0 Å². The molecule has 8 rings (SSSR count). The fraction of sp³-hybridized carbons (Fsp3) is 0.186. The fourth-order valence-corrected chi connectivity index (χ4v) is 7.27. The number of benzene rings is 6. The number of pyridine rings is 1. The predicted octanol–water partition coefficient (Wildman–Crippen LogP) is 11.9. The Morgan fingerprint density at radius 1 is 0.591 bits per heavy atom. The summed E-state index contributed by atoms with van der Waals surface area (Å²) in [6.45, 7) is 8.98. The van der Waals surface area contributed by atoms with Crippen molar-refractivity contribution >= 4 is 32.4 Å². The zero-order chi connectivity index (χ0) is 37.0. The summed E-state index contributed by atoms with van der Waals surface area (Å²) < 4.78 is 73.4. The summed E-state index contributed by atoms with van der Waals surface area (Å²) in [6, 6.07) is 20.7. The van der Waals surface area contributed by atoms with Crippen molar-refractivity contribution in [1.82, 2.24) is 4.98 Å². The molecule has 1 aliphatic rings. The van der Waals surface area contributed by atoms with Crippen molar-refractivity contribution in [3.8, 4) is 33.4 Å². The minimum Gasteiger partial charge on any atom is -0.256 e. The predicted molar refractivity (Wildman–Crippen MR) is 188 cm³/mol. The molecule has 0 unspecified atom stereocenters. The number of fused-ring (bicyclic) bond motifs is 4. The highest BCUT2D eigenvalue weighted by Crippen LogP contribution is 2.54. The van der Waals surface area contributed by atoms with Crippen LogP contribution in [0.4, 0.5) is 0 Å². The van der Waals surface area contributed by atoms with Crippen molar-refractivity contribution < 1.29 is 11.0 Å². The van der Waals surface area contributed by atoms with Gasteiger partial charge < -0.3 is 0 Å². The molecule has 0 bridgehead atoms. The molecule has 44 heavy (non-hydrogen) atoms. The van der Waals surface area contributed by atoms with Crippen LogP contribution in [0, 0.1) is 0 Å². The first-order valence-corrected chi connectivity index (χ1v) is 15.2. The Morgan fingerprint density at radius 3 is 1.91 bits per heavy atom. The van der Waals surface area contributed by atoms with E-state index in [4.69, 9.17) is 5.48 Å².